The second-order valence-electron chi connectivity index (χ2n) is 11.0. The number of H-pyrrole nitrogens is 1. The first kappa shape index (κ1) is 25.5. The van der Waals surface area contributed by atoms with Crippen LogP contribution in [0.3, 0.4) is 0 Å². The smallest absolute Gasteiger partial charge is 0.250 e. The van der Waals surface area contributed by atoms with Crippen LogP contribution < -0.4 is 20.9 Å². The summed E-state index contributed by atoms with van der Waals surface area (Å²) in [6.07, 6.45) is 2.33. The van der Waals surface area contributed by atoms with Gasteiger partial charge in [-0.2, -0.15) is 0 Å². The lowest BCUT2D eigenvalue weighted by Gasteiger charge is -2.29. The number of imide groups is 1. The van der Waals surface area contributed by atoms with Gasteiger partial charge in [0, 0.05) is 52.0 Å². The molecule has 0 saturated carbocycles. The Morgan fingerprint density at radius 1 is 1.05 bits per heavy atom. The van der Waals surface area contributed by atoms with Crippen molar-refractivity contribution in [3.05, 3.63) is 88.6 Å². The SMILES string of the molecule is CC(=O)Nc1ccc(N2C(=O)[C@@H]3[C@H](Cc4c[nH]c5ccccc45)N[C@]4(C(=O)Nc5c(C)cc(Cl)cc54)[C@H]3C2=O)cc1. The third-order valence-corrected chi connectivity index (χ3v) is 8.76. The van der Waals surface area contributed by atoms with E-state index in [1.165, 1.54) is 11.8 Å². The quantitative estimate of drug-likeness (QED) is 0.274. The van der Waals surface area contributed by atoms with Gasteiger partial charge in [-0.15, -0.1) is 0 Å². The molecule has 2 fully saturated rings. The Balaban J connectivity index is 1.35. The molecule has 206 valence electrons. The number of hydrogen-bond acceptors (Lipinski definition) is 5. The zero-order valence-corrected chi connectivity index (χ0v) is 23.0. The second-order valence-corrected chi connectivity index (χ2v) is 11.4. The van der Waals surface area contributed by atoms with Gasteiger partial charge in [0.1, 0.15) is 5.54 Å². The number of carbonyl (C=O) groups excluding carboxylic acids is 4. The Morgan fingerprint density at radius 3 is 2.56 bits per heavy atom. The molecular formula is C31H26ClN5O4. The third kappa shape index (κ3) is 3.66. The highest BCUT2D eigenvalue weighted by Crippen LogP contribution is 2.55. The van der Waals surface area contributed by atoms with Gasteiger partial charge in [0.25, 0.3) is 0 Å². The Bertz CT molecular complexity index is 1800. The summed E-state index contributed by atoms with van der Waals surface area (Å²) in [6, 6.07) is 17.4. The van der Waals surface area contributed by atoms with Crippen molar-refractivity contribution in [2.24, 2.45) is 11.8 Å². The number of fused-ring (bicyclic) bond motifs is 5. The number of nitrogens with one attached hydrogen (secondary N) is 4. The lowest BCUT2D eigenvalue weighted by molar-refractivity contribution is -0.130. The number of hydrogen-bond donors (Lipinski definition) is 4. The number of aromatic nitrogens is 1. The van der Waals surface area contributed by atoms with Crippen molar-refractivity contribution < 1.29 is 19.2 Å². The number of nitrogens with zero attached hydrogens (tertiary/aromatic N) is 1. The highest BCUT2D eigenvalue weighted by atomic mass is 35.5. The number of aromatic amines is 1. The molecule has 2 saturated heterocycles. The molecule has 3 aliphatic rings. The number of anilines is 3. The van der Waals surface area contributed by atoms with Gasteiger partial charge in [-0.1, -0.05) is 29.8 Å². The number of halogens is 1. The Hall–Kier alpha value is -4.47. The minimum Gasteiger partial charge on any atom is -0.361 e. The summed E-state index contributed by atoms with van der Waals surface area (Å²) in [5.74, 6) is -3.23. The molecule has 4 N–H and O–H groups in total. The van der Waals surface area contributed by atoms with Crippen LogP contribution in [-0.4, -0.2) is 34.7 Å². The maximum absolute atomic E-state index is 14.3. The molecule has 0 radical (unpaired) electrons. The molecule has 1 aromatic heterocycles. The van der Waals surface area contributed by atoms with E-state index in [9.17, 15) is 19.2 Å². The van der Waals surface area contributed by atoms with Crippen molar-refractivity contribution in [3.63, 3.8) is 0 Å². The van der Waals surface area contributed by atoms with Gasteiger partial charge in [0.05, 0.1) is 17.5 Å². The van der Waals surface area contributed by atoms with E-state index < -0.39 is 29.3 Å². The van der Waals surface area contributed by atoms with Crippen LogP contribution >= 0.6 is 11.6 Å². The van der Waals surface area contributed by atoms with Gasteiger partial charge < -0.3 is 15.6 Å². The summed E-state index contributed by atoms with van der Waals surface area (Å²) >= 11 is 6.47. The van der Waals surface area contributed by atoms with E-state index in [2.05, 4.69) is 20.9 Å². The van der Waals surface area contributed by atoms with E-state index in [4.69, 9.17) is 11.6 Å². The summed E-state index contributed by atoms with van der Waals surface area (Å²) in [7, 11) is 0. The Morgan fingerprint density at radius 2 is 1.80 bits per heavy atom. The molecule has 3 aliphatic heterocycles. The molecule has 3 aromatic carbocycles. The zero-order valence-electron chi connectivity index (χ0n) is 22.2. The number of amides is 4. The number of carbonyl (C=O) groups is 4. The molecule has 0 aliphatic carbocycles. The molecule has 1 spiro atoms. The minimum absolute atomic E-state index is 0.228. The van der Waals surface area contributed by atoms with Gasteiger partial charge in [-0.05, 0) is 66.9 Å². The fraction of sp³-hybridized carbons (Fsp3) is 0.226. The fourth-order valence-corrected chi connectivity index (χ4v) is 7.17. The summed E-state index contributed by atoms with van der Waals surface area (Å²) in [5.41, 5.74) is 3.36. The third-order valence-electron chi connectivity index (χ3n) is 8.55. The van der Waals surface area contributed by atoms with Crippen LogP contribution in [0.5, 0.6) is 0 Å². The van der Waals surface area contributed by atoms with Crippen LogP contribution in [0.2, 0.25) is 5.02 Å². The Kier molecular flexibility index (Phi) is 5.61. The van der Waals surface area contributed by atoms with Crippen molar-refractivity contribution in [2.45, 2.75) is 31.8 Å². The van der Waals surface area contributed by atoms with E-state index >= 15 is 0 Å². The normalized spacial score (nSPS) is 24.7. The predicted octanol–water partition coefficient (Wildman–Crippen LogP) is 4.26. The van der Waals surface area contributed by atoms with Gasteiger partial charge >= 0.3 is 0 Å². The molecule has 4 heterocycles. The number of benzene rings is 3. The monoisotopic (exact) mass is 567 g/mol. The minimum atomic E-state index is -1.47. The highest BCUT2D eigenvalue weighted by Gasteiger charge is 2.70. The highest BCUT2D eigenvalue weighted by molar-refractivity contribution is 6.31. The summed E-state index contributed by atoms with van der Waals surface area (Å²) in [5, 5.41) is 10.6. The molecule has 0 bridgehead atoms. The predicted molar refractivity (Wildman–Crippen MR) is 156 cm³/mol. The molecule has 4 atom stereocenters. The number of rotatable bonds is 4. The van der Waals surface area contributed by atoms with Crippen LogP contribution in [0.15, 0.2) is 66.9 Å². The average molecular weight is 568 g/mol. The molecule has 0 unspecified atom stereocenters. The molecule has 7 rings (SSSR count). The first-order chi connectivity index (χ1) is 19.7. The zero-order chi connectivity index (χ0) is 28.6. The van der Waals surface area contributed by atoms with Crippen molar-refractivity contribution in [1.29, 1.82) is 0 Å². The van der Waals surface area contributed by atoms with E-state index in [1.807, 2.05) is 37.4 Å². The number of aryl methyl sites for hydroxylation is 1. The van der Waals surface area contributed by atoms with Gasteiger partial charge in [0.2, 0.25) is 23.6 Å². The lowest BCUT2D eigenvalue weighted by Crippen LogP contribution is -2.53. The topological polar surface area (TPSA) is 123 Å². The standard InChI is InChI=1S/C31H26ClN5O4/c1-15-11-18(32)13-22-27(15)35-30(41)31(22)26-25(24(36-31)12-17-14-33-23-6-4-3-5-21(17)23)28(39)37(29(26)40)20-9-7-19(8-10-20)34-16(2)38/h3-11,13-14,24-26,33,36H,12H2,1-2H3,(H,34,38)(H,35,41)/t24-,25+,26+,31-/m0/s1. The molecule has 41 heavy (non-hydrogen) atoms. The summed E-state index contributed by atoms with van der Waals surface area (Å²) in [4.78, 5) is 58.3. The van der Waals surface area contributed by atoms with Crippen molar-refractivity contribution >= 4 is 63.2 Å². The first-order valence-electron chi connectivity index (χ1n) is 13.4. The van der Waals surface area contributed by atoms with Crippen LogP contribution in [0.1, 0.15) is 23.6 Å². The maximum atomic E-state index is 14.3. The first-order valence-corrected chi connectivity index (χ1v) is 13.8. The van der Waals surface area contributed by atoms with Crippen LogP contribution in [0.25, 0.3) is 10.9 Å². The van der Waals surface area contributed by atoms with Crippen molar-refractivity contribution in [2.75, 3.05) is 15.5 Å². The van der Waals surface area contributed by atoms with Crippen LogP contribution in [0, 0.1) is 18.8 Å². The van der Waals surface area contributed by atoms with Gasteiger partial charge in [-0.3, -0.25) is 24.5 Å². The van der Waals surface area contributed by atoms with E-state index in [0.717, 1.165) is 22.0 Å². The average Bonchev–Trinajstić information content (AvgIpc) is 3.64. The van der Waals surface area contributed by atoms with E-state index in [0.29, 0.717) is 34.1 Å². The van der Waals surface area contributed by atoms with Gasteiger partial charge in [0.15, 0.2) is 0 Å². The fourth-order valence-electron chi connectivity index (χ4n) is 6.90. The molecule has 10 heteroatoms. The Labute approximate surface area is 240 Å². The van der Waals surface area contributed by atoms with E-state index in [1.54, 1.807) is 36.4 Å². The lowest BCUT2D eigenvalue weighted by atomic mass is 9.76. The summed E-state index contributed by atoms with van der Waals surface area (Å²) in [6.45, 7) is 3.26. The summed E-state index contributed by atoms with van der Waals surface area (Å²) < 4.78 is 0. The molecule has 4 amide bonds. The van der Waals surface area contributed by atoms with Crippen LogP contribution in [0.4, 0.5) is 17.1 Å². The molecular weight excluding hydrogens is 542 g/mol. The van der Waals surface area contributed by atoms with Crippen molar-refractivity contribution in [3.8, 4) is 0 Å². The largest absolute Gasteiger partial charge is 0.361 e. The molecule has 4 aromatic rings. The maximum Gasteiger partial charge on any atom is 0.250 e. The van der Waals surface area contributed by atoms with Gasteiger partial charge in [-0.25, -0.2) is 4.90 Å². The second kappa shape index (κ2) is 9.02. The number of para-hydroxylation sites is 1. The van der Waals surface area contributed by atoms with E-state index in [-0.39, 0.29) is 17.7 Å². The molecule has 9 nitrogen and oxygen atoms in total. The van der Waals surface area contributed by atoms with Crippen LogP contribution in [-0.2, 0) is 31.1 Å². The van der Waals surface area contributed by atoms with Crippen molar-refractivity contribution in [1.82, 2.24) is 10.3 Å².